The molecule has 2 heterocycles. The van der Waals surface area contributed by atoms with Gasteiger partial charge in [-0.25, -0.2) is 4.98 Å². The summed E-state index contributed by atoms with van der Waals surface area (Å²) in [5.41, 5.74) is 1.38. The van der Waals surface area contributed by atoms with Gasteiger partial charge >= 0.3 is 6.61 Å². The number of alkyl halides is 2. The summed E-state index contributed by atoms with van der Waals surface area (Å²) >= 11 is 1.61. The molecule has 2 aromatic carbocycles. The minimum Gasteiger partial charge on any atom is -0.434 e. The van der Waals surface area contributed by atoms with Crippen molar-refractivity contribution in [1.82, 2.24) is 9.88 Å². The lowest BCUT2D eigenvalue weighted by Gasteiger charge is -2.21. The fraction of sp³-hybridized carbons (Fsp3) is 0.238. The van der Waals surface area contributed by atoms with E-state index in [1.165, 1.54) is 18.2 Å². The van der Waals surface area contributed by atoms with Gasteiger partial charge in [-0.3, -0.25) is 4.79 Å². The third kappa shape index (κ3) is 3.89. The number of halogens is 2. The van der Waals surface area contributed by atoms with Crippen molar-refractivity contribution in [3.05, 3.63) is 65.2 Å². The van der Waals surface area contributed by atoms with Gasteiger partial charge in [0.2, 0.25) is 5.91 Å². The highest BCUT2D eigenvalue weighted by molar-refractivity contribution is 7.18. The summed E-state index contributed by atoms with van der Waals surface area (Å²) in [7, 11) is 0. The lowest BCUT2D eigenvalue weighted by atomic mass is 10.2. The zero-order valence-electron chi connectivity index (χ0n) is 14.9. The summed E-state index contributed by atoms with van der Waals surface area (Å²) in [5.74, 6) is -0.112. The first kappa shape index (κ1) is 18.6. The van der Waals surface area contributed by atoms with Crippen molar-refractivity contribution in [2.45, 2.75) is 25.5 Å². The van der Waals surface area contributed by atoms with Crippen molar-refractivity contribution in [3.63, 3.8) is 0 Å². The first-order valence-corrected chi connectivity index (χ1v) is 9.81. The average Bonchev–Trinajstić information content (AvgIpc) is 3.33. The largest absolute Gasteiger partial charge is 0.434 e. The predicted octanol–water partition coefficient (Wildman–Crippen LogP) is 5.27. The summed E-state index contributed by atoms with van der Waals surface area (Å²) in [6, 6.07) is 14.3. The van der Waals surface area contributed by atoms with Gasteiger partial charge in [0.25, 0.3) is 0 Å². The first-order chi connectivity index (χ1) is 13.6. The Bertz CT molecular complexity index is 985. The monoisotopic (exact) mass is 400 g/mol. The van der Waals surface area contributed by atoms with Gasteiger partial charge in [0.05, 0.1) is 16.3 Å². The van der Waals surface area contributed by atoms with Gasteiger partial charge in [0.1, 0.15) is 10.8 Å². The van der Waals surface area contributed by atoms with E-state index in [-0.39, 0.29) is 17.7 Å². The Kier molecular flexibility index (Phi) is 5.34. The fourth-order valence-electron chi connectivity index (χ4n) is 3.40. The van der Waals surface area contributed by atoms with E-state index in [1.807, 2.05) is 24.3 Å². The number of nitrogens with zero attached hydrogens (tertiary/aromatic N) is 2. The molecule has 144 valence electrons. The van der Waals surface area contributed by atoms with Crippen LogP contribution in [-0.4, -0.2) is 28.9 Å². The maximum absolute atomic E-state index is 12.8. The normalized spacial score (nSPS) is 17.1. The van der Waals surface area contributed by atoms with Crippen molar-refractivity contribution in [3.8, 4) is 5.75 Å². The van der Waals surface area contributed by atoms with Gasteiger partial charge in [-0.15, -0.1) is 11.3 Å². The summed E-state index contributed by atoms with van der Waals surface area (Å²) in [5, 5.41) is 0.932. The number of carbonyl (C=O) groups is 1. The van der Waals surface area contributed by atoms with Crippen LogP contribution in [0, 0.1) is 0 Å². The van der Waals surface area contributed by atoms with Crippen LogP contribution in [0.1, 0.15) is 29.5 Å². The molecule has 0 spiro atoms. The number of carbonyl (C=O) groups excluding carboxylic acids is 1. The van der Waals surface area contributed by atoms with Crippen molar-refractivity contribution in [2.75, 3.05) is 6.54 Å². The maximum Gasteiger partial charge on any atom is 0.387 e. The van der Waals surface area contributed by atoms with E-state index < -0.39 is 6.61 Å². The molecule has 1 atom stereocenters. The van der Waals surface area contributed by atoms with Crippen molar-refractivity contribution in [2.24, 2.45) is 0 Å². The van der Waals surface area contributed by atoms with Crippen molar-refractivity contribution < 1.29 is 18.3 Å². The highest BCUT2D eigenvalue weighted by Crippen LogP contribution is 2.36. The van der Waals surface area contributed by atoms with Gasteiger partial charge in [0.15, 0.2) is 0 Å². The molecule has 4 rings (SSSR count). The Morgan fingerprint density at radius 3 is 2.82 bits per heavy atom. The smallest absolute Gasteiger partial charge is 0.387 e. The lowest BCUT2D eigenvalue weighted by molar-refractivity contribution is -0.126. The molecule has 28 heavy (non-hydrogen) atoms. The third-order valence-corrected chi connectivity index (χ3v) is 5.81. The van der Waals surface area contributed by atoms with Crippen molar-refractivity contribution in [1.29, 1.82) is 0 Å². The average molecular weight is 400 g/mol. The second-order valence-electron chi connectivity index (χ2n) is 6.46. The van der Waals surface area contributed by atoms with E-state index in [0.717, 1.165) is 28.1 Å². The molecule has 0 bridgehead atoms. The van der Waals surface area contributed by atoms with Crippen LogP contribution in [-0.2, 0) is 4.79 Å². The molecule has 4 nitrogen and oxygen atoms in total. The van der Waals surface area contributed by atoms with Gasteiger partial charge in [-0.2, -0.15) is 8.78 Å². The molecule has 1 aliphatic heterocycles. The summed E-state index contributed by atoms with van der Waals surface area (Å²) < 4.78 is 30.7. The highest BCUT2D eigenvalue weighted by atomic mass is 32.1. The molecule has 0 aliphatic carbocycles. The molecule has 7 heteroatoms. The van der Waals surface area contributed by atoms with E-state index in [0.29, 0.717) is 12.1 Å². The number of likely N-dealkylation sites (tertiary alicyclic amines) is 1. The highest BCUT2D eigenvalue weighted by Gasteiger charge is 2.31. The summed E-state index contributed by atoms with van der Waals surface area (Å²) in [6.45, 7) is -2.26. The number of hydrogen-bond acceptors (Lipinski definition) is 4. The Labute approximate surface area is 165 Å². The second kappa shape index (κ2) is 8.06. The zero-order chi connectivity index (χ0) is 19.5. The molecule has 1 saturated heterocycles. The molecule has 0 radical (unpaired) electrons. The molecule has 3 aromatic rings. The van der Waals surface area contributed by atoms with Gasteiger partial charge in [-0.1, -0.05) is 30.3 Å². The number of aromatic nitrogens is 1. The van der Waals surface area contributed by atoms with Crippen LogP contribution in [0.15, 0.2) is 54.6 Å². The molecular weight excluding hydrogens is 382 g/mol. The van der Waals surface area contributed by atoms with E-state index in [9.17, 15) is 13.6 Å². The van der Waals surface area contributed by atoms with E-state index in [2.05, 4.69) is 9.72 Å². The quantitative estimate of drug-likeness (QED) is 0.548. The number of thiazole rings is 1. The number of fused-ring (bicyclic) bond motifs is 1. The van der Waals surface area contributed by atoms with Gasteiger partial charge in [-0.05, 0) is 37.1 Å². The van der Waals surface area contributed by atoms with Gasteiger partial charge < -0.3 is 9.64 Å². The minimum absolute atomic E-state index is 0.0469. The number of para-hydroxylation sites is 2. The van der Waals surface area contributed by atoms with E-state index in [1.54, 1.807) is 34.4 Å². The molecule has 1 aromatic heterocycles. The number of amides is 1. The minimum atomic E-state index is -2.91. The van der Waals surface area contributed by atoms with Crippen LogP contribution in [0.5, 0.6) is 5.75 Å². The van der Waals surface area contributed by atoms with Gasteiger partial charge in [0, 0.05) is 18.2 Å². The Morgan fingerprint density at radius 1 is 1.21 bits per heavy atom. The molecule has 1 fully saturated rings. The Morgan fingerprint density at radius 2 is 2.00 bits per heavy atom. The van der Waals surface area contributed by atoms with Crippen molar-refractivity contribution >= 4 is 33.5 Å². The molecular formula is C21H18F2N2O2S. The number of benzene rings is 2. The standard InChI is InChI=1S/C21H18F2N2O2S/c22-21(23)27-17-9-3-1-6-14(17)11-12-19(26)25-13-5-8-16(25)20-24-15-7-2-4-10-18(15)28-20/h1-4,6-7,9-12,16,21H,5,8,13H2/b12-11+. The van der Waals surface area contributed by atoms with E-state index >= 15 is 0 Å². The van der Waals surface area contributed by atoms with Crippen LogP contribution in [0.4, 0.5) is 8.78 Å². The fourth-order valence-corrected chi connectivity index (χ4v) is 4.51. The Balaban J connectivity index is 1.53. The Hall–Kier alpha value is -2.80. The SMILES string of the molecule is O=C(/C=C/c1ccccc1OC(F)F)N1CCCC1c1nc2ccccc2s1. The summed E-state index contributed by atoms with van der Waals surface area (Å²) in [6.07, 6.45) is 4.71. The van der Waals surface area contributed by atoms with Crippen LogP contribution >= 0.6 is 11.3 Å². The first-order valence-electron chi connectivity index (χ1n) is 9.00. The van der Waals surface area contributed by atoms with E-state index in [4.69, 9.17) is 0 Å². The molecule has 0 saturated carbocycles. The summed E-state index contributed by atoms with van der Waals surface area (Å²) in [4.78, 5) is 19.3. The topological polar surface area (TPSA) is 42.4 Å². The molecule has 1 unspecified atom stereocenters. The predicted molar refractivity (Wildman–Crippen MR) is 105 cm³/mol. The van der Waals surface area contributed by atoms with Crippen LogP contribution in [0.3, 0.4) is 0 Å². The maximum atomic E-state index is 12.8. The molecule has 1 aliphatic rings. The van der Waals surface area contributed by atoms with Crippen LogP contribution in [0.25, 0.3) is 16.3 Å². The number of ether oxygens (including phenoxy) is 1. The molecule has 0 N–H and O–H groups in total. The number of rotatable bonds is 5. The molecule has 1 amide bonds. The third-order valence-electron chi connectivity index (χ3n) is 4.67. The number of hydrogen-bond donors (Lipinski definition) is 0. The van der Waals surface area contributed by atoms with Crippen LogP contribution in [0.2, 0.25) is 0 Å². The zero-order valence-corrected chi connectivity index (χ0v) is 15.7. The van der Waals surface area contributed by atoms with Crippen LogP contribution < -0.4 is 4.74 Å². The second-order valence-corrected chi connectivity index (χ2v) is 7.52. The lowest BCUT2D eigenvalue weighted by Crippen LogP contribution is -2.28.